The van der Waals surface area contributed by atoms with Crippen molar-refractivity contribution in [1.29, 1.82) is 5.26 Å². The number of nitrogens with two attached hydrogens (primary N) is 1. The molecule has 20 heavy (non-hydrogen) atoms. The second kappa shape index (κ2) is 5.05. The Balaban J connectivity index is 2.21. The third-order valence-electron chi connectivity index (χ3n) is 2.28. The van der Waals surface area contributed by atoms with E-state index in [9.17, 15) is 13.2 Å². The van der Waals surface area contributed by atoms with Crippen molar-refractivity contribution in [2.24, 2.45) is 0 Å². The molecule has 0 fully saturated rings. The number of benzene rings is 1. The molecule has 0 bridgehead atoms. The van der Waals surface area contributed by atoms with Gasteiger partial charge in [-0.15, -0.1) is 10.2 Å². The second-order valence-corrected chi connectivity index (χ2v) is 3.72. The molecule has 0 unspecified atom stereocenters. The standard InChI is InChI=1S/C12H7F3N4O/c13-12(14,15)10-3-4-11(19-18-10)20-9-2-1-7(6-16)5-8(9)17/h1-5H,17H2. The summed E-state index contributed by atoms with van der Waals surface area (Å²) < 4.78 is 42.1. The lowest BCUT2D eigenvalue weighted by Gasteiger charge is -2.08. The van der Waals surface area contributed by atoms with Crippen LogP contribution in [0.2, 0.25) is 0 Å². The van der Waals surface area contributed by atoms with E-state index in [1.54, 1.807) is 0 Å². The average molecular weight is 280 g/mol. The second-order valence-electron chi connectivity index (χ2n) is 3.72. The first-order chi connectivity index (χ1) is 9.40. The third kappa shape index (κ3) is 2.95. The van der Waals surface area contributed by atoms with Crippen LogP contribution >= 0.6 is 0 Å². The summed E-state index contributed by atoms with van der Waals surface area (Å²) in [7, 11) is 0. The van der Waals surface area contributed by atoms with Gasteiger partial charge in [-0.2, -0.15) is 18.4 Å². The molecule has 8 heteroatoms. The number of nitriles is 1. The van der Waals surface area contributed by atoms with Gasteiger partial charge in [0, 0.05) is 6.07 Å². The number of nitrogen functional groups attached to an aromatic ring is 1. The number of nitrogens with zero attached hydrogens (tertiary/aromatic N) is 3. The molecule has 102 valence electrons. The van der Waals surface area contributed by atoms with Crippen LogP contribution in [0.25, 0.3) is 0 Å². The van der Waals surface area contributed by atoms with Gasteiger partial charge in [0.25, 0.3) is 0 Å². The van der Waals surface area contributed by atoms with E-state index in [2.05, 4.69) is 10.2 Å². The number of anilines is 1. The Morgan fingerprint density at radius 3 is 2.40 bits per heavy atom. The SMILES string of the molecule is N#Cc1ccc(Oc2ccc(C(F)(F)F)nn2)c(N)c1. The van der Waals surface area contributed by atoms with Crippen molar-refractivity contribution in [1.82, 2.24) is 10.2 Å². The van der Waals surface area contributed by atoms with Gasteiger partial charge in [-0.1, -0.05) is 0 Å². The van der Waals surface area contributed by atoms with Crippen molar-refractivity contribution in [2.45, 2.75) is 6.18 Å². The number of hydrogen-bond donors (Lipinski definition) is 1. The van der Waals surface area contributed by atoms with Gasteiger partial charge in [0.05, 0.1) is 17.3 Å². The molecule has 0 radical (unpaired) electrons. The number of rotatable bonds is 2. The van der Waals surface area contributed by atoms with Crippen molar-refractivity contribution in [2.75, 3.05) is 5.73 Å². The van der Waals surface area contributed by atoms with E-state index in [4.69, 9.17) is 15.7 Å². The Labute approximate surface area is 111 Å². The maximum absolute atomic E-state index is 12.3. The molecule has 0 amide bonds. The zero-order valence-electron chi connectivity index (χ0n) is 9.85. The molecule has 5 nitrogen and oxygen atoms in total. The molecular weight excluding hydrogens is 273 g/mol. The highest BCUT2D eigenvalue weighted by molar-refractivity contribution is 5.57. The predicted octanol–water partition coefficient (Wildman–Crippen LogP) is 2.74. The van der Waals surface area contributed by atoms with Crippen molar-refractivity contribution in [3.8, 4) is 17.7 Å². The van der Waals surface area contributed by atoms with Crippen LogP contribution in [0.5, 0.6) is 11.6 Å². The van der Waals surface area contributed by atoms with E-state index in [0.717, 1.165) is 12.1 Å². The lowest BCUT2D eigenvalue weighted by Crippen LogP contribution is -2.09. The fourth-order valence-corrected chi connectivity index (χ4v) is 1.35. The third-order valence-corrected chi connectivity index (χ3v) is 2.28. The fraction of sp³-hybridized carbons (Fsp3) is 0.0833. The molecule has 0 spiro atoms. The van der Waals surface area contributed by atoms with Crippen LogP contribution in [0.4, 0.5) is 18.9 Å². The van der Waals surface area contributed by atoms with Gasteiger partial charge >= 0.3 is 6.18 Å². The predicted molar refractivity (Wildman–Crippen MR) is 62.7 cm³/mol. The number of halogens is 3. The van der Waals surface area contributed by atoms with Gasteiger partial charge in [0.15, 0.2) is 11.4 Å². The van der Waals surface area contributed by atoms with Gasteiger partial charge in [0.2, 0.25) is 5.88 Å². The Morgan fingerprint density at radius 1 is 1.15 bits per heavy atom. The average Bonchev–Trinajstić information content (AvgIpc) is 2.40. The molecule has 0 saturated heterocycles. The van der Waals surface area contributed by atoms with Gasteiger partial charge in [-0.05, 0) is 24.3 Å². The molecule has 2 rings (SSSR count). The minimum Gasteiger partial charge on any atom is -0.435 e. The fourth-order valence-electron chi connectivity index (χ4n) is 1.35. The lowest BCUT2D eigenvalue weighted by atomic mass is 10.2. The van der Waals surface area contributed by atoms with Crippen LogP contribution in [-0.2, 0) is 6.18 Å². The van der Waals surface area contributed by atoms with Crippen LogP contribution in [0.1, 0.15) is 11.3 Å². The summed E-state index contributed by atoms with van der Waals surface area (Å²) in [6.45, 7) is 0. The van der Waals surface area contributed by atoms with Crippen molar-refractivity contribution >= 4 is 5.69 Å². The summed E-state index contributed by atoms with van der Waals surface area (Å²) in [5.74, 6) is 0.0486. The Bertz CT molecular complexity index is 662. The van der Waals surface area contributed by atoms with Crippen LogP contribution in [0, 0.1) is 11.3 Å². The molecule has 0 aliphatic rings. The first-order valence-electron chi connectivity index (χ1n) is 5.28. The molecule has 2 N–H and O–H groups in total. The molecule has 1 heterocycles. The molecule has 1 aromatic carbocycles. The zero-order valence-corrected chi connectivity index (χ0v) is 9.85. The Morgan fingerprint density at radius 2 is 1.90 bits per heavy atom. The van der Waals surface area contributed by atoms with E-state index < -0.39 is 11.9 Å². The van der Waals surface area contributed by atoms with E-state index in [0.29, 0.717) is 5.56 Å². The Hall–Kier alpha value is -2.82. The topological polar surface area (TPSA) is 84.8 Å². The summed E-state index contributed by atoms with van der Waals surface area (Å²) in [5, 5.41) is 15.0. The van der Waals surface area contributed by atoms with Crippen LogP contribution in [0.3, 0.4) is 0 Å². The molecule has 0 atom stereocenters. The largest absolute Gasteiger partial charge is 0.435 e. The van der Waals surface area contributed by atoms with Crippen molar-refractivity contribution in [3.63, 3.8) is 0 Å². The number of ether oxygens (including phenoxy) is 1. The molecule has 0 aliphatic heterocycles. The zero-order chi connectivity index (χ0) is 14.8. The molecule has 0 aliphatic carbocycles. The minimum atomic E-state index is -4.56. The summed E-state index contributed by atoms with van der Waals surface area (Å²) in [6.07, 6.45) is -4.56. The number of hydrogen-bond acceptors (Lipinski definition) is 5. The smallest absolute Gasteiger partial charge is 0.435 e. The Kier molecular flexibility index (Phi) is 3.43. The molecule has 1 aromatic heterocycles. The van der Waals surface area contributed by atoms with E-state index in [-0.39, 0.29) is 17.3 Å². The van der Waals surface area contributed by atoms with E-state index >= 15 is 0 Å². The first-order valence-corrected chi connectivity index (χ1v) is 5.28. The molecular formula is C12H7F3N4O. The monoisotopic (exact) mass is 280 g/mol. The van der Waals surface area contributed by atoms with Gasteiger partial charge in [-0.25, -0.2) is 0 Å². The van der Waals surface area contributed by atoms with Crippen LogP contribution in [-0.4, -0.2) is 10.2 Å². The highest BCUT2D eigenvalue weighted by Crippen LogP contribution is 2.30. The maximum atomic E-state index is 12.3. The normalized spacial score (nSPS) is 10.9. The first kappa shape index (κ1) is 13.6. The molecule has 0 saturated carbocycles. The van der Waals surface area contributed by atoms with E-state index in [1.807, 2.05) is 6.07 Å². The lowest BCUT2D eigenvalue weighted by molar-refractivity contribution is -0.141. The van der Waals surface area contributed by atoms with Gasteiger partial charge in [-0.3, -0.25) is 0 Å². The summed E-state index contributed by atoms with van der Waals surface area (Å²) in [4.78, 5) is 0. The quantitative estimate of drug-likeness (QED) is 0.855. The number of aromatic nitrogens is 2. The van der Waals surface area contributed by atoms with Crippen molar-refractivity contribution in [3.05, 3.63) is 41.6 Å². The van der Waals surface area contributed by atoms with Crippen LogP contribution in [0.15, 0.2) is 30.3 Å². The molecule has 2 aromatic rings. The number of alkyl halides is 3. The summed E-state index contributed by atoms with van der Waals surface area (Å²) in [6, 6.07) is 7.95. The summed E-state index contributed by atoms with van der Waals surface area (Å²) >= 11 is 0. The van der Waals surface area contributed by atoms with Crippen molar-refractivity contribution < 1.29 is 17.9 Å². The van der Waals surface area contributed by atoms with E-state index in [1.165, 1.54) is 18.2 Å². The van der Waals surface area contributed by atoms with Gasteiger partial charge in [0.1, 0.15) is 0 Å². The summed E-state index contributed by atoms with van der Waals surface area (Å²) in [5.41, 5.74) is 5.04. The highest BCUT2D eigenvalue weighted by atomic mass is 19.4. The van der Waals surface area contributed by atoms with Gasteiger partial charge < -0.3 is 10.5 Å². The maximum Gasteiger partial charge on any atom is 0.435 e. The van der Waals surface area contributed by atoms with Crippen LogP contribution < -0.4 is 10.5 Å². The highest BCUT2D eigenvalue weighted by Gasteiger charge is 2.33. The minimum absolute atomic E-state index is 0.130.